The van der Waals surface area contributed by atoms with Crippen molar-refractivity contribution in [3.63, 3.8) is 0 Å². The summed E-state index contributed by atoms with van der Waals surface area (Å²) in [5, 5.41) is 3.48. The van der Waals surface area contributed by atoms with Crippen LogP contribution in [-0.2, 0) is 6.42 Å². The van der Waals surface area contributed by atoms with Gasteiger partial charge in [-0.2, -0.15) is 13.2 Å². The first-order valence-corrected chi connectivity index (χ1v) is 8.34. The van der Waals surface area contributed by atoms with E-state index in [1.165, 1.54) is 11.1 Å². The van der Waals surface area contributed by atoms with Crippen LogP contribution in [0.4, 0.5) is 13.2 Å². The summed E-state index contributed by atoms with van der Waals surface area (Å²) in [7, 11) is 0. The van der Waals surface area contributed by atoms with Crippen molar-refractivity contribution in [1.82, 2.24) is 5.32 Å². The molecule has 0 heterocycles. The molecular formula is C16H19BrF3N. The van der Waals surface area contributed by atoms with Crippen molar-refractivity contribution in [2.24, 2.45) is 5.92 Å². The molecule has 5 heteroatoms. The van der Waals surface area contributed by atoms with Crippen molar-refractivity contribution in [3.8, 4) is 0 Å². The Morgan fingerprint density at radius 1 is 1.14 bits per heavy atom. The van der Waals surface area contributed by atoms with E-state index in [0.29, 0.717) is 6.42 Å². The summed E-state index contributed by atoms with van der Waals surface area (Å²) in [5.41, 5.74) is 2.55. The molecule has 3 atom stereocenters. The number of fused-ring (bicyclic) bond motifs is 1. The molecule has 1 aromatic carbocycles. The van der Waals surface area contributed by atoms with Crippen LogP contribution in [-0.4, -0.2) is 12.2 Å². The lowest BCUT2D eigenvalue weighted by atomic mass is 9.84. The molecule has 116 valence electrons. The van der Waals surface area contributed by atoms with Crippen LogP contribution in [0.5, 0.6) is 0 Å². The molecule has 2 aliphatic carbocycles. The van der Waals surface area contributed by atoms with Crippen molar-refractivity contribution < 1.29 is 13.2 Å². The quantitative estimate of drug-likeness (QED) is 0.768. The van der Waals surface area contributed by atoms with E-state index in [2.05, 4.69) is 27.3 Å². The SMILES string of the molecule is FC(F)(F)C1CCCC(NC2CCc3c(Br)cccc32)C1. The summed E-state index contributed by atoms with van der Waals surface area (Å²) < 4.78 is 39.8. The van der Waals surface area contributed by atoms with Crippen LogP contribution in [0.15, 0.2) is 22.7 Å². The molecule has 1 saturated carbocycles. The second-order valence-corrected chi connectivity index (χ2v) is 7.02. The molecule has 0 saturated heterocycles. The molecule has 3 unspecified atom stereocenters. The smallest absolute Gasteiger partial charge is 0.307 e. The fourth-order valence-electron chi connectivity index (χ4n) is 3.71. The van der Waals surface area contributed by atoms with E-state index in [0.717, 1.165) is 23.7 Å². The summed E-state index contributed by atoms with van der Waals surface area (Å²) in [6, 6.07) is 6.31. The van der Waals surface area contributed by atoms with Crippen LogP contribution < -0.4 is 5.32 Å². The minimum Gasteiger partial charge on any atom is -0.307 e. The van der Waals surface area contributed by atoms with Gasteiger partial charge in [0.1, 0.15) is 0 Å². The van der Waals surface area contributed by atoms with E-state index in [1.807, 2.05) is 12.1 Å². The molecule has 2 aliphatic rings. The number of hydrogen-bond acceptors (Lipinski definition) is 1. The van der Waals surface area contributed by atoms with E-state index >= 15 is 0 Å². The van der Waals surface area contributed by atoms with Gasteiger partial charge in [0.15, 0.2) is 0 Å². The largest absolute Gasteiger partial charge is 0.391 e. The van der Waals surface area contributed by atoms with Gasteiger partial charge in [-0.1, -0.05) is 34.5 Å². The van der Waals surface area contributed by atoms with E-state index in [1.54, 1.807) is 0 Å². The Bertz CT molecular complexity index is 515. The van der Waals surface area contributed by atoms with Crippen molar-refractivity contribution in [1.29, 1.82) is 0 Å². The molecule has 0 bridgehead atoms. The van der Waals surface area contributed by atoms with Gasteiger partial charge in [0.25, 0.3) is 0 Å². The predicted molar refractivity (Wildman–Crippen MR) is 80.1 cm³/mol. The average Bonchev–Trinajstić information content (AvgIpc) is 2.83. The highest BCUT2D eigenvalue weighted by atomic mass is 79.9. The number of benzene rings is 1. The summed E-state index contributed by atoms with van der Waals surface area (Å²) in [6.45, 7) is 0. The lowest BCUT2D eigenvalue weighted by molar-refractivity contribution is -0.183. The van der Waals surface area contributed by atoms with Gasteiger partial charge in [0.2, 0.25) is 0 Å². The first-order chi connectivity index (χ1) is 9.95. The Hall–Kier alpha value is -0.550. The Balaban J connectivity index is 1.67. The summed E-state index contributed by atoms with van der Waals surface area (Å²) >= 11 is 3.56. The zero-order valence-electron chi connectivity index (χ0n) is 11.7. The summed E-state index contributed by atoms with van der Waals surface area (Å²) in [5.74, 6) is -1.13. The monoisotopic (exact) mass is 361 g/mol. The van der Waals surface area contributed by atoms with Gasteiger partial charge in [0.05, 0.1) is 5.92 Å². The van der Waals surface area contributed by atoms with Crippen LogP contribution >= 0.6 is 15.9 Å². The van der Waals surface area contributed by atoms with Crippen molar-refractivity contribution in [3.05, 3.63) is 33.8 Å². The summed E-state index contributed by atoms with van der Waals surface area (Å²) in [6.07, 6.45) is -0.0456. The van der Waals surface area contributed by atoms with Gasteiger partial charge in [-0.15, -0.1) is 0 Å². The minimum atomic E-state index is -4.04. The van der Waals surface area contributed by atoms with Gasteiger partial charge >= 0.3 is 6.18 Å². The molecule has 1 aromatic rings. The highest BCUT2D eigenvalue weighted by molar-refractivity contribution is 9.10. The summed E-state index contributed by atoms with van der Waals surface area (Å²) in [4.78, 5) is 0. The molecule has 0 radical (unpaired) electrons. The van der Waals surface area contributed by atoms with Crippen LogP contribution in [0.2, 0.25) is 0 Å². The number of rotatable bonds is 2. The lowest BCUT2D eigenvalue weighted by Gasteiger charge is -2.33. The molecule has 0 spiro atoms. The van der Waals surface area contributed by atoms with E-state index in [4.69, 9.17) is 0 Å². The Morgan fingerprint density at radius 3 is 2.71 bits per heavy atom. The normalized spacial score (nSPS) is 29.4. The van der Waals surface area contributed by atoms with E-state index in [-0.39, 0.29) is 24.9 Å². The number of alkyl halides is 3. The molecule has 0 aromatic heterocycles. The third-order valence-electron chi connectivity index (χ3n) is 4.79. The van der Waals surface area contributed by atoms with Gasteiger partial charge in [-0.05, 0) is 49.3 Å². The number of halogens is 4. The highest BCUT2D eigenvalue weighted by Gasteiger charge is 2.42. The van der Waals surface area contributed by atoms with E-state index in [9.17, 15) is 13.2 Å². The predicted octanol–water partition coefficient (Wildman–Crippen LogP) is 5.15. The minimum absolute atomic E-state index is 0.0136. The third-order valence-corrected chi connectivity index (χ3v) is 5.53. The van der Waals surface area contributed by atoms with Crippen molar-refractivity contribution in [2.45, 2.75) is 56.8 Å². The molecule has 21 heavy (non-hydrogen) atoms. The maximum absolute atomic E-state index is 12.9. The number of hydrogen-bond donors (Lipinski definition) is 1. The maximum atomic E-state index is 12.9. The van der Waals surface area contributed by atoms with Crippen LogP contribution in [0.1, 0.15) is 49.3 Å². The van der Waals surface area contributed by atoms with Gasteiger partial charge in [-0.3, -0.25) is 0 Å². The number of nitrogens with one attached hydrogen (secondary N) is 1. The Morgan fingerprint density at radius 2 is 1.95 bits per heavy atom. The fourth-order valence-corrected chi connectivity index (χ4v) is 4.29. The molecular weight excluding hydrogens is 343 g/mol. The zero-order valence-corrected chi connectivity index (χ0v) is 13.3. The second-order valence-electron chi connectivity index (χ2n) is 6.17. The van der Waals surface area contributed by atoms with Crippen molar-refractivity contribution in [2.75, 3.05) is 0 Å². The molecule has 1 fully saturated rings. The topological polar surface area (TPSA) is 12.0 Å². The second kappa shape index (κ2) is 5.92. The lowest BCUT2D eigenvalue weighted by Crippen LogP contribution is -2.40. The molecule has 1 N–H and O–H groups in total. The molecule has 0 amide bonds. The van der Waals surface area contributed by atoms with E-state index < -0.39 is 12.1 Å². The average molecular weight is 362 g/mol. The maximum Gasteiger partial charge on any atom is 0.391 e. The first kappa shape index (κ1) is 15.3. The van der Waals surface area contributed by atoms with Crippen molar-refractivity contribution >= 4 is 15.9 Å². The molecule has 0 aliphatic heterocycles. The Kier molecular flexibility index (Phi) is 4.33. The van der Waals surface area contributed by atoms with Gasteiger partial charge < -0.3 is 5.32 Å². The fraction of sp³-hybridized carbons (Fsp3) is 0.625. The standard InChI is InChI=1S/C16H19BrF3N/c17-14-6-2-5-13-12(14)7-8-15(13)21-11-4-1-3-10(9-11)16(18,19)20/h2,5-6,10-11,15,21H,1,3-4,7-9H2. The zero-order chi connectivity index (χ0) is 15.0. The van der Waals surface area contributed by atoms with Crippen LogP contribution in [0, 0.1) is 5.92 Å². The molecule has 3 rings (SSSR count). The highest BCUT2D eigenvalue weighted by Crippen LogP contribution is 2.40. The van der Waals surface area contributed by atoms with Gasteiger partial charge in [-0.25, -0.2) is 0 Å². The molecule has 1 nitrogen and oxygen atoms in total. The Labute approximate surface area is 131 Å². The van der Waals surface area contributed by atoms with Gasteiger partial charge in [0, 0.05) is 16.6 Å². The van der Waals surface area contributed by atoms with Crippen LogP contribution in [0.25, 0.3) is 0 Å². The van der Waals surface area contributed by atoms with Crippen LogP contribution in [0.3, 0.4) is 0 Å². The first-order valence-electron chi connectivity index (χ1n) is 7.55. The third kappa shape index (κ3) is 3.29.